The van der Waals surface area contributed by atoms with Gasteiger partial charge in [-0.05, 0) is 42.2 Å². The Morgan fingerprint density at radius 3 is 2.05 bits per heavy atom. The van der Waals surface area contributed by atoms with Crippen molar-refractivity contribution in [2.24, 2.45) is 11.5 Å². The van der Waals surface area contributed by atoms with Crippen LogP contribution in [-0.2, 0) is 41.6 Å². The fraction of sp³-hybridized carbons (Fsp3) is 0.310. The maximum atomic E-state index is 13.3. The minimum atomic E-state index is -1.64. The highest BCUT2D eigenvalue weighted by Gasteiger charge is 2.32. The Hall–Kier alpha value is -5.44. The quantitative estimate of drug-likeness (QED) is 0.0980. The number of aliphatic carboxylic acids is 2. The molecule has 44 heavy (non-hydrogen) atoms. The summed E-state index contributed by atoms with van der Waals surface area (Å²) >= 11 is 0. The van der Waals surface area contributed by atoms with Crippen molar-refractivity contribution < 1.29 is 44.1 Å². The van der Waals surface area contributed by atoms with Gasteiger partial charge in [0, 0.05) is 29.9 Å². The Labute approximate surface area is 251 Å². The summed E-state index contributed by atoms with van der Waals surface area (Å²) < 4.78 is 0. The van der Waals surface area contributed by atoms with Crippen LogP contribution < -0.4 is 27.4 Å². The predicted octanol–water partition coefficient (Wildman–Crippen LogP) is -0.735. The topological polar surface area (TPSA) is 267 Å². The summed E-state index contributed by atoms with van der Waals surface area (Å²) in [5.74, 6) is -6.53. The number of aromatic nitrogens is 1. The molecule has 0 aliphatic heterocycles. The summed E-state index contributed by atoms with van der Waals surface area (Å²) in [7, 11) is 0. The van der Waals surface area contributed by atoms with Crippen LogP contribution in [0.2, 0.25) is 0 Å². The third-order valence-corrected chi connectivity index (χ3v) is 6.77. The summed E-state index contributed by atoms with van der Waals surface area (Å²) in [5.41, 5.74) is 13.2. The number of carboxylic acid groups (broad SMARTS) is 2. The Kier molecular flexibility index (Phi) is 11.4. The van der Waals surface area contributed by atoms with Crippen LogP contribution >= 0.6 is 0 Å². The Morgan fingerprint density at radius 2 is 1.41 bits per heavy atom. The SMILES string of the molecule is NC(=O)CCC(NC(=O)C(Cc1ccc(O)cc1)NC(=O)C(CC(=O)O)NC(=O)C(N)Cc1c[nH]c2ccccc12)C(=O)O. The molecule has 0 fully saturated rings. The molecule has 0 radical (unpaired) electrons. The monoisotopic (exact) mass is 610 g/mol. The van der Waals surface area contributed by atoms with Gasteiger partial charge in [0.15, 0.2) is 0 Å². The number of hydrogen-bond acceptors (Lipinski definition) is 8. The van der Waals surface area contributed by atoms with Gasteiger partial charge in [0.1, 0.15) is 23.9 Å². The maximum absolute atomic E-state index is 13.3. The number of fused-ring (bicyclic) bond motifs is 1. The number of rotatable bonds is 16. The molecule has 15 heteroatoms. The molecule has 0 aliphatic rings. The standard InChI is InChI=1S/C29H34N6O9/c30-19(12-16-14-32-20-4-2-1-3-18(16)20)26(40)34-23(13-25(38)39)28(42)35-22(11-15-5-7-17(36)8-6-15)27(41)33-21(29(43)44)9-10-24(31)37/h1-8,14,19,21-23,32,36H,9-13,30H2,(H2,31,37)(H,33,41)(H,34,40)(H,35,42)(H,38,39)(H,43,44). The summed E-state index contributed by atoms with van der Waals surface area (Å²) in [4.78, 5) is 76.9. The number of nitrogens with one attached hydrogen (secondary N) is 4. The molecule has 1 heterocycles. The molecule has 15 nitrogen and oxygen atoms in total. The highest BCUT2D eigenvalue weighted by atomic mass is 16.4. The van der Waals surface area contributed by atoms with Gasteiger partial charge in [0.25, 0.3) is 0 Å². The highest BCUT2D eigenvalue weighted by Crippen LogP contribution is 2.19. The van der Waals surface area contributed by atoms with Crippen molar-refractivity contribution in [2.75, 3.05) is 0 Å². The zero-order valence-electron chi connectivity index (χ0n) is 23.5. The molecule has 4 amide bonds. The number of hydrogen-bond donors (Lipinski definition) is 9. The van der Waals surface area contributed by atoms with E-state index in [1.54, 1.807) is 6.20 Å². The fourth-order valence-electron chi connectivity index (χ4n) is 4.46. The first-order valence-electron chi connectivity index (χ1n) is 13.6. The van der Waals surface area contributed by atoms with Crippen molar-refractivity contribution in [2.45, 2.75) is 56.3 Å². The molecule has 2 aromatic carbocycles. The number of carbonyl (C=O) groups is 6. The third kappa shape index (κ3) is 9.55. The largest absolute Gasteiger partial charge is 0.508 e. The van der Waals surface area contributed by atoms with E-state index in [2.05, 4.69) is 20.9 Å². The number of phenolic OH excluding ortho intramolecular Hbond substituents is 1. The lowest BCUT2D eigenvalue weighted by atomic mass is 10.0. The average molecular weight is 611 g/mol. The molecule has 0 saturated heterocycles. The smallest absolute Gasteiger partial charge is 0.326 e. The van der Waals surface area contributed by atoms with E-state index in [-0.39, 0.29) is 31.4 Å². The van der Waals surface area contributed by atoms with Crippen molar-refractivity contribution in [3.05, 3.63) is 65.9 Å². The van der Waals surface area contributed by atoms with Crippen LogP contribution in [0.4, 0.5) is 0 Å². The van der Waals surface area contributed by atoms with Crippen LogP contribution in [0.25, 0.3) is 10.9 Å². The number of para-hydroxylation sites is 1. The molecule has 11 N–H and O–H groups in total. The molecule has 1 aromatic heterocycles. The molecular formula is C29H34N6O9. The number of amides is 4. The van der Waals surface area contributed by atoms with Gasteiger partial charge in [-0.25, -0.2) is 4.79 Å². The van der Waals surface area contributed by atoms with E-state index in [0.717, 1.165) is 16.5 Å². The highest BCUT2D eigenvalue weighted by molar-refractivity contribution is 5.96. The normalized spacial score (nSPS) is 13.7. The van der Waals surface area contributed by atoms with E-state index >= 15 is 0 Å². The first-order chi connectivity index (χ1) is 20.8. The molecule has 234 valence electrons. The Morgan fingerprint density at radius 1 is 0.795 bits per heavy atom. The van der Waals surface area contributed by atoms with Crippen LogP contribution in [0.15, 0.2) is 54.7 Å². The number of nitrogens with two attached hydrogens (primary N) is 2. The van der Waals surface area contributed by atoms with Crippen molar-refractivity contribution >= 4 is 46.5 Å². The number of benzene rings is 2. The number of primary amides is 1. The third-order valence-electron chi connectivity index (χ3n) is 6.77. The second-order valence-corrected chi connectivity index (χ2v) is 10.2. The van der Waals surface area contributed by atoms with Gasteiger partial charge in [0.2, 0.25) is 23.6 Å². The van der Waals surface area contributed by atoms with E-state index in [0.29, 0.717) is 5.56 Å². The first kappa shape index (κ1) is 33.1. The molecular weight excluding hydrogens is 576 g/mol. The van der Waals surface area contributed by atoms with Crippen molar-refractivity contribution in [3.8, 4) is 5.75 Å². The molecule has 0 aliphatic carbocycles. The van der Waals surface area contributed by atoms with Gasteiger partial charge in [-0.1, -0.05) is 30.3 Å². The van der Waals surface area contributed by atoms with Crippen LogP contribution in [-0.4, -0.2) is 80.0 Å². The molecule has 0 saturated carbocycles. The maximum Gasteiger partial charge on any atom is 0.326 e. The molecule has 3 rings (SSSR count). The first-order valence-corrected chi connectivity index (χ1v) is 13.6. The lowest BCUT2D eigenvalue weighted by Crippen LogP contribution is -2.58. The van der Waals surface area contributed by atoms with Crippen LogP contribution in [0.1, 0.15) is 30.4 Å². The number of phenols is 1. The number of carbonyl (C=O) groups excluding carboxylic acids is 4. The Bertz CT molecular complexity index is 1520. The number of aromatic hydroxyl groups is 1. The van der Waals surface area contributed by atoms with E-state index in [1.165, 1.54) is 24.3 Å². The van der Waals surface area contributed by atoms with Crippen LogP contribution in [0.3, 0.4) is 0 Å². The van der Waals surface area contributed by atoms with Gasteiger partial charge in [-0.2, -0.15) is 0 Å². The van der Waals surface area contributed by atoms with Crippen molar-refractivity contribution in [3.63, 3.8) is 0 Å². The van der Waals surface area contributed by atoms with Crippen molar-refractivity contribution in [1.29, 1.82) is 0 Å². The second kappa shape index (κ2) is 15.2. The molecule has 3 aromatic rings. The average Bonchev–Trinajstić information content (AvgIpc) is 3.37. The minimum absolute atomic E-state index is 0.0654. The Balaban J connectivity index is 1.77. The second-order valence-electron chi connectivity index (χ2n) is 10.2. The van der Waals surface area contributed by atoms with Gasteiger partial charge < -0.3 is 47.7 Å². The summed E-state index contributed by atoms with van der Waals surface area (Å²) in [5, 5.41) is 36.3. The lowest BCUT2D eigenvalue weighted by molar-refractivity contribution is -0.143. The molecule has 0 spiro atoms. The zero-order valence-corrected chi connectivity index (χ0v) is 23.5. The van der Waals surface area contributed by atoms with E-state index in [1.807, 2.05) is 24.3 Å². The molecule has 4 unspecified atom stereocenters. The van der Waals surface area contributed by atoms with E-state index in [4.69, 9.17) is 11.5 Å². The van der Waals surface area contributed by atoms with Crippen LogP contribution in [0.5, 0.6) is 5.75 Å². The van der Waals surface area contributed by atoms with Gasteiger partial charge in [-0.15, -0.1) is 0 Å². The van der Waals surface area contributed by atoms with E-state index in [9.17, 15) is 44.1 Å². The van der Waals surface area contributed by atoms with Crippen LogP contribution in [0, 0.1) is 0 Å². The predicted molar refractivity (Wildman–Crippen MR) is 156 cm³/mol. The fourth-order valence-corrected chi connectivity index (χ4v) is 4.46. The zero-order chi connectivity index (χ0) is 32.4. The van der Waals surface area contributed by atoms with Crippen molar-refractivity contribution in [1.82, 2.24) is 20.9 Å². The summed E-state index contributed by atoms with van der Waals surface area (Å²) in [6.07, 6.45) is 0.0692. The van der Waals surface area contributed by atoms with E-state index < -0.39 is 66.2 Å². The molecule has 4 atom stereocenters. The van der Waals surface area contributed by atoms with Gasteiger partial charge in [0.05, 0.1) is 12.5 Å². The minimum Gasteiger partial charge on any atom is -0.508 e. The van der Waals surface area contributed by atoms with Gasteiger partial charge >= 0.3 is 11.9 Å². The summed E-state index contributed by atoms with van der Waals surface area (Å²) in [6, 6.07) is 7.17. The number of H-pyrrole nitrogens is 1. The van der Waals surface area contributed by atoms with Gasteiger partial charge in [-0.3, -0.25) is 24.0 Å². The lowest BCUT2D eigenvalue weighted by Gasteiger charge is -2.25. The number of aromatic amines is 1. The summed E-state index contributed by atoms with van der Waals surface area (Å²) in [6.45, 7) is 0. The number of carboxylic acids is 2. The molecule has 0 bridgehead atoms.